The lowest BCUT2D eigenvalue weighted by Gasteiger charge is -2.42. The number of hydrogen-bond acceptors (Lipinski definition) is 7. The van der Waals surface area contributed by atoms with Crippen LogP contribution >= 0.6 is 11.6 Å². The molecule has 2 aromatic rings. The number of amides is 1. The molecule has 5 rings (SSSR count). The number of rotatable bonds is 14. The lowest BCUT2D eigenvalue weighted by Crippen LogP contribution is -2.42. The van der Waals surface area contributed by atoms with Gasteiger partial charge in [0.2, 0.25) is 0 Å². The van der Waals surface area contributed by atoms with E-state index in [1.165, 1.54) is 17.5 Å². The molecule has 1 aliphatic carbocycles. The molecule has 8 nitrogen and oxygen atoms in total. The molecule has 0 aromatic heterocycles. The minimum atomic E-state index is -1.47. The van der Waals surface area contributed by atoms with Gasteiger partial charge >= 0.3 is 0 Å². The minimum Gasteiger partial charge on any atom is -0.491 e. The van der Waals surface area contributed by atoms with Crippen molar-refractivity contribution in [1.82, 2.24) is 10.0 Å². The maximum Gasteiger partial charge on any atom is 0.263 e. The highest BCUT2D eigenvalue weighted by Crippen LogP contribution is 2.43. The molecule has 0 bridgehead atoms. The Morgan fingerprint density at radius 3 is 2.35 bits per heavy atom. The van der Waals surface area contributed by atoms with Crippen LogP contribution in [-0.2, 0) is 26.9 Å². The molecule has 2 aromatic carbocycles. The number of halogens is 1. The Morgan fingerprint density at radius 1 is 1.02 bits per heavy atom. The first-order chi connectivity index (χ1) is 24.7. The third-order valence-corrected chi connectivity index (χ3v) is 12.1. The van der Waals surface area contributed by atoms with Crippen molar-refractivity contribution in [3.63, 3.8) is 0 Å². The summed E-state index contributed by atoms with van der Waals surface area (Å²) in [6, 6.07) is 11.9. The normalized spacial score (nSPS) is 21.9. The number of nitrogens with zero attached hydrogens (tertiary/aromatic N) is 1. The van der Waals surface area contributed by atoms with Crippen molar-refractivity contribution >= 4 is 34.2 Å². The maximum atomic E-state index is 13.4. The quantitative estimate of drug-likeness (QED) is 0.200. The van der Waals surface area contributed by atoms with Gasteiger partial charge in [-0.25, -0.2) is 4.21 Å². The largest absolute Gasteiger partial charge is 0.491 e. The molecule has 6 atom stereocenters. The van der Waals surface area contributed by atoms with Crippen LogP contribution in [0.1, 0.15) is 121 Å². The van der Waals surface area contributed by atoms with Crippen molar-refractivity contribution in [2.45, 2.75) is 117 Å². The second-order valence-corrected chi connectivity index (χ2v) is 15.9. The summed E-state index contributed by atoms with van der Waals surface area (Å²) in [5.74, 6) is 1.90. The zero-order valence-corrected chi connectivity index (χ0v) is 34.2. The van der Waals surface area contributed by atoms with E-state index in [1.807, 2.05) is 46.0 Å². The van der Waals surface area contributed by atoms with E-state index in [2.05, 4.69) is 54.8 Å². The Kier molecular flexibility index (Phi) is 19.3. The highest BCUT2D eigenvalue weighted by Gasteiger charge is 2.37. The number of aryl methyl sites for hydroxylation is 1. The van der Waals surface area contributed by atoms with E-state index < -0.39 is 11.0 Å². The summed E-state index contributed by atoms with van der Waals surface area (Å²) in [4.78, 5) is 15.8. The second kappa shape index (κ2) is 22.8. The molecule has 3 aliphatic rings. The van der Waals surface area contributed by atoms with Crippen molar-refractivity contribution in [3.05, 3.63) is 58.1 Å². The smallest absolute Gasteiger partial charge is 0.263 e. The van der Waals surface area contributed by atoms with Gasteiger partial charge in [0.25, 0.3) is 5.91 Å². The number of carbonyl (C=O) groups is 1. The number of benzene rings is 2. The Balaban J connectivity index is 0.00000109. The molecule has 0 spiro atoms. The first kappa shape index (κ1) is 43.2. The monoisotopic (exact) mass is 747 g/mol. The van der Waals surface area contributed by atoms with Crippen LogP contribution in [0.2, 0.25) is 5.02 Å². The lowest BCUT2D eigenvalue weighted by molar-refractivity contribution is -0.192. The van der Waals surface area contributed by atoms with Gasteiger partial charge < -0.3 is 24.4 Å². The van der Waals surface area contributed by atoms with Gasteiger partial charge in [-0.05, 0) is 112 Å². The van der Waals surface area contributed by atoms with E-state index in [1.54, 1.807) is 6.07 Å². The zero-order valence-electron chi connectivity index (χ0n) is 32.6. The summed E-state index contributed by atoms with van der Waals surface area (Å²) in [7, 11) is 0.463. The summed E-state index contributed by atoms with van der Waals surface area (Å²) in [5, 5.41) is 3.56. The highest BCUT2D eigenvalue weighted by molar-refractivity contribution is 7.84. The topological polar surface area (TPSA) is 89.1 Å². The van der Waals surface area contributed by atoms with Crippen LogP contribution in [0.4, 0.5) is 5.69 Å². The van der Waals surface area contributed by atoms with Gasteiger partial charge in [-0.2, -0.15) is 0 Å². The molecule has 1 saturated heterocycles. The standard InChI is InChI=1S/C36H51ClN2O5S.C3H9N.C2H6/c1-5-8-24(3)25(4)45(41)38-36(40)28-12-15-34-33(19-28)39(21-29-11-10-26(29)20-35-42-16-7-17-43-35)22-30(23-44-34)32-14-13-31(37)18-27(32)9-6-2;1-3-4-2;1-2/h12-15,18-19,24-26,29-30,35H,5-11,16-17,20-23H2,1-4H3,(H,38,40);4H,3H2,1-2H3;1-2H3. The van der Waals surface area contributed by atoms with Crippen molar-refractivity contribution in [1.29, 1.82) is 0 Å². The third-order valence-electron chi connectivity index (χ3n) is 10.4. The van der Waals surface area contributed by atoms with Gasteiger partial charge in [0.05, 0.1) is 30.8 Å². The first-order valence-electron chi connectivity index (χ1n) is 19.6. The second-order valence-electron chi connectivity index (χ2n) is 14.0. The van der Waals surface area contributed by atoms with E-state index in [4.69, 9.17) is 25.8 Å². The van der Waals surface area contributed by atoms with Crippen molar-refractivity contribution in [2.75, 3.05) is 51.4 Å². The summed E-state index contributed by atoms with van der Waals surface area (Å²) in [6.07, 6.45) is 8.11. The van der Waals surface area contributed by atoms with Gasteiger partial charge in [0.15, 0.2) is 6.29 Å². The fraction of sp³-hybridized carbons (Fsp3) is 0.683. The summed E-state index contributed by atoms with van der Waals surface area (Å²) >= 11 is 6.43. The number of fused-ring (bicyclic) bond motifs is 1. The zero-order chi connectivity index (χ0) is 37.3. The summed E-state index contributed by atoms with van der Waals surface area (Å²) in [5.41, 5.74) is 3.96. The maximum absolute atomic E-state index is 13.4. The molecule has 1 saturated carbocycles. The number of ether oxygens (including phenoxy) is 3. The predicted molar refractivity (Wildman–Crippen MR) is 214 cm³/mol. The van der Waals surface area contributed by atoms with E-state index in [0.29, 0.717) is 24.0 Å². The number of nitrogens with one attached hydrogen (secondary N) is 2. The Bertz CT molecular complexity index is 1350. The van der Waals surface area contributed by atoms with Crippen molar-refractivity contribution in [2.24, 2.45) is 17.8 Å². The number of hydrogen-bond donors (Lipinski definition) is 2. The molecule has 288 valence electrons. The summed E-state index contributed by atoms with van der Waals surface area (Å²) < 4.78 is 34.2. The average Bonchev–Trinajstić information content (AvgIpc) is 3.32. The Hall–Kier alpha value is -2.17. The molecule has 51 heavy (non-hydrogen) atoms. The van der Waals surface area contributed by atoms with Crippen LogP contribution in [-0.4, -0.2) is 68.2 Å². The fourth-order valence-corrected chi connectivity index (χ4v) is 8.23. The Morgan fingerprint density at radius 2 is 1.73 bits per heavy atom. The molecule has 2 heterocycles. The van der Waals surface area contributed by atoms with Crippen LogP contribution < -0.4 is 19.7 Å². The average molecular weight is 749 g/mol. The van der Waals surface area contributed by atoms with Gasteiger partial charge in [-0.15, -0.1) is 0 Å². The highest BCUT2D eigenvalue weighted by atomic mass is 35.5. The molecule has 2 aliphatic heterocycles. The van der Waals surface area contributed by atoms with Gasteiger partial charge in [-0.1, -0.05) is 72.1 Å². The third kappa shape index (κ3) is 12.7. The van der Waals surface area contributed by atoms with Crippen LogP contribution in [0.3, 0.4) is 0 Å². The number of carbonyl (C=O) groups excluding carboxylic acids is 1. The number of anilines is 1. The van der Waals surface area contributed by atoms with Gasteiger partial charge in [0, 0.05) is 36.0 Å². The van der Waals surface area contributed by atoms with E-state index in [9.17, 15) is 9.00 Å². The molecule has 6 unspecified atom stereocenters. The van der Waals surface area contributed by atoms with Crippen LogP contribution in [0.15, 0.2) is 36.4 Å². The molecule has 0 radical (unpaired) electrons. The molecule has 2 N–H and O–H groups in total. The van der Waals surface area contributed by atoms with Crippen molar-refractivity contribution < 1.29 is 23.2 Å². The van der Waals surface area contributed by atoms with E-state index >= 15 is 0 Å². The molecule has 1 amide bonds. The van der Waals surface area contributed by atoms with Crippen molar-refractivity contribution in [3.8, 4) is 5.75 Å². The van der Waals surface area contributed by atoms with Crippen LogP contribution in [0.5, 0.6) is 5.75 Å². The Labute approximate surface area is 316 Å². The van der Waals surface area contributed by atoms with E-state index in [-0.39, 0.29) is 29.3 Å². The minimum absolute atomic E-state index is 0.108. The summed E-state index contributed by atoms with van der Waals surface area (Å²) in [6.45, 7) is 19.2. The van der Waals surface area contributed by atoms with Gasteiger partial charge in [0.1, 0.15) is 16.7 Å². The fourth-order valence-electron chi connectivity index (χ4n) is 6.99. The molecular weight excluding hydrogens is 682 g/mol. The molecular formula is C41H66ClN3O5S. The van der Waals surface area contributed by atoms with Crippen LogP contribution in [0, 0.1) is 17.8 Å². The first-order valence-corrected chi connectivity index (χ1v) is 21.2. The lowest BCUT2D eigenvalue weighted by atomic mass is 9.71. The molecule has 2 fully saturated rings. The van der Waals surface area contributed by atoms with E-state index in [0.717, 1.165) is 94.3 Å². The molecule has 10 heteroatoms. The predicted octanol–water partition coefficient (Wildman–Crippen LogP) is 8.92. The SMILES string of the molecule is CC.CCCc1cc(Cl)ccc1C1COc2ccc(C(=O)NS(=O)C(C)C(C)CCC)cc2N(CC2CCC2CC2OCCCO2)C1.CCNC. The van der Waals surface area contributed by atoms with Gasteiger partial charge in [-0.3, -0.25) is 9.52 Å². The van der Waals surface area contributed by atoms with Crippen LogP contribution in [0.25, 0.3) is 0 Å².